The summed E-state index contributed by atoms with van der Waals surface area (Å²) in [5, 5.41) is 10.6. The van der Waals surface area contributed by atoms with Gasteiger partial charge in [-0.2, -0.15) is 0 Å². The topological polar surface area (TPSA) is 131 Å². The first-order valence-corrected chi connectivity index (χ1v) is 10.7. The summed E-state index contributed by atoms with van der Waals surface area (Å²) < 4.78 is 34.1. The van der Waals surface area contributed by atoms with Gasteiger partial charge in [0.15, 0.2) is 11.9 Å². The second-order valence-electron chi connectivity index (χ2n) is 8.18. The van der Waals surface area contributed by atoms with E-state index in [1.165, 1.54) is 20.1 Å². The van der Waals surface area contributed by atoms with Crippen molar-refractivity contribution in [2.24, 2.45) is 0 Å². The van der Waals surface area contributed by atoms with E-state index in [4.69, 9.17) is 28.1 Å². The molecule has 1 aromatic carbocycles. The molecule has 4 rings (SSSR count). The molecule has 2 aliphatic heterocycles. The van der Waals surface area contributed by atoms with Crippen molar-refractivity contribution in [2.45, 2.75) is 70.7 Å². The van der Waals surface area contributed by atoms with Crippen LogP contribution >= 0.6 is 0 Å². The van der Waals surface area contributed by atoms with Gasteiger partial charge < -0.3 is 33.2 Å². The molecule has 0 aliphatic carbocycles. The van der Waals surface area contributed by atoms with Crippen molar-refractivity contribution < 1.29 is 42.8 Å². The third-order valence-electron chi connectivity index (χ3n) is 6.52. The third kappa shape index (κ3) is 3.53. The van der Waals surface area contributed by atoms with Crippen LogP contribution < -0.4 is 10.4 Å². The van der Waals surface area contributed by atoms with Gasteiger partial charge in [0.25, 0.3) is 0 Å². The fraction of sp³-hybridized carbons (Fsp3) is 0.522. The number of ketones is 1. The molecule has 1 aromatic heterocycles. The second-order valence-corrected chi connectivity index (χ2v) is 8.18. The van der Waals surface area contributed by atoms with Crippen LogP contribution in [0.3, 0.4) is 0 Å². The van der Waals surface area contributed by atoms with Crippen LogP contribution in [0.1, 0.15) is 49.5 Å². The summed E-state index contributed by atoms with van der Waals surface area (Å²) in [5.41, 5.74) is -1.68. The standard InChI is InChI=1S/C23H26O10/c1-6-23(7-2)19(28-5)17-18(32-22(27)31-17)21(33-23)29-13-9-8-12-15(25)14(11(4)24)20(26)30-16(12)10(13)3/h8-9,17-19,21,25H,6-7H2,1-5H3/t17-,18+,19+,21+/m0/s1. The number of benzene rings is 1. The Hall–Kier alpha value is -3.11. The Labute approximate surface area is 189 Å². The highest BCUT2D eigenvalue weighted by Gasteiger charge is 2.61. The highest BCUT2D eigenvalue weighted by molar-refractivity contribution is 6.02. The molecule has 0 amide bonds. The van der Waals surface area contributed by atoms with Crippen molar-refractivity contribution in [1.82, 2.24) is 0 Å². The van der Waals surface area contributed by atoms with Gasteiger partial charge in [-0.1, -0.05) is 13.8 Å². The number of methoxy groups -OCH3 is 1. The smallest absolute Gasteiger partial charge is 0.506 e. The van der Waals surface area contributed by atoms with Gasteiger partial charge in [0, 0.05) is 12.7 Å². The van der Waals surface area contributed by atoms with Crippen LogP contribution in [0.5, 0.6) is 11.5 Å². The largest absolute Gasteiger partial charge is 0.509 e. The lowest BCUT2D eigenvalue weighted by Gasteiger charge is -2.48. The average Bonchev–Trinajstić information content (AvgIpc) is 3.16. The Morgan fingerprint density at radius 3 is 2.42 bits per heavy atom. The molecule has 2 aromatic rings. The first kappa shape index (κ1) is 23.1. The molecular formula is C23H26O10. The lowest BCUT2D eigenvalue weighted by Crippen LogP contribution is -2.64. The van der Waals surface area contributed by atoms with Gasteiger partial charge in [0.1, 0.15) is 34.4 Å². The van der Waals surface area contributed by atoms with Gasteiger partial charge in [0.2, 0.25) is 12.4 Å². The minimum atomic E-state index is -1.03. The van der Waals surface area contributed by atoms with E-state index in [-0.39, 0.29) is 16.7 Å². The maximum Gasteiger partial charge on any atom is 0.509 e. The van der Waals surface area contributed by atoms with Gasteiger partial charge in [-0.15, -0.1) is 0 Å². The van der Waals surface area contributed by atoms with Crippen LogP contribution in [0.2, 0.25) is 0 Å². The zero-order valence-corrected chi connectivity index (χ0v) is 19.0. The predicted octanol–water partition coefficient (Wildman–Crippen LogP) is 3.22. The maximum absolute atomic E-state index is 12.3. The molecule has 4 atom stereocenters. The average molecular weight is 462 g/mol. The minimum Gasteiger partial charge on any atom is -0.506 e. The Morgan fingerprint density at radius 2 is 1.82 bits per heavy atom. The summed E-state index contributed by atoms with van der Waals surface area (Å²) >= 11 is 0. The number of hydrogen-bond donors (Lipinski definition) is 1. The fourth-order valence-electron chi connectivity index (χ4n) is 4.68. The fourth-order valence-corrected chi connectivity index (χ4v) is 4.68. The van der Waals surface area contributed by atoms with E-state index in [9.17, 15) is 19.5 Å². The normalized spacial score (nSPS) is 25.9. The summed E-state index contributed by atoms with van der Waals surface area (Å²) in [6.07, 6.45) is -2.91. The van der Waals surface area contributed by atoms with Gasteiger partial charge in [-0.05, 0) is 38.8 Å². The minimum absolute atomic E-state index is 0.0686. The lowest BCUT2D eigenvalue weighted by atomic mass is 9.82. The molecule has 0 radical (unpaired) electrons. The Kier molecular flexibility index (Phi) is 5.83. The van der Waals surface area contributed by atoms with Crippen LogP contribution in [0.4, 0.5) is 4.79 Å². The van der Waals surface area contributed by atoms with Crippen LogP contribution in [0.15, 0.2) is 21.3 Å². The van der Waals surface area contributed by atoms with Gasteiger partial charge >= 0.3 is 11.8 Å². The number of ether oxygens (including phenoxy) is 5. The summed E-state index contributed by atoms with van der Waals surface area (Å²) in [6.45, 7) is 6.69. The highest BCUT2D eigenvalue weighted by Crippen LogP contribution is 2.43. The number of aromatic hydroxyl groups is 1. The van der Waals surface area contributed by atoms with Crippen molar-refractivity contribution in [3.05, 3.63) is 33.7 Å². The van der Waals surface area contributed by atoms with Gasteiger partial charge in [-0.25, -0.2) is 9.59 Å². The number of hydrogen-bond acceptors (Lipinski definition) is 10. The predicted molar refractivity (Wildman–Crippen MR) is 114 cm³/mol. The van der Waals surface area contributed by atoms with Crippen molar-refractivity contribution in [3.8, 4) is 11.5 Å². The molecule has 10 heteroatoms. The quantitative estimate of drug-likeness (QED) is 0.388. The maximum atomic E-state index is 12.3. The lowest BCUT2D eigenvalue weighted by molar-refractivity contribution is -0.296. The Morgan fingerprint density at radius 1 is 1.15 bits per heavy atom. The first-order chi connectivity index (χ1) is 15.7. The third-order valence-corrected chi connectivity index (χ3v) is 6.52. The van der Waals surface area contributed by atoms with Crippen molar-refractivity contribution in [2.75, 3.05) is 7.11 Å². The SMILES string of the molecule is CCC1(CC)O[C@@H](Oc2ccc3c(O)c(C(C)=O)c(=O)oc3c2C)[C@@H]2OC(=O)O[C@@H]2[C@H]1OC. The van der Waals surface area contributed by atoms with Crippen molar-refractivity contribution in [3.63, 3.8) is 0 Å². The molecule has 0 saturated carbocycles. The van der Waals surface area contributed by atoms with Gasteiger partial charge in [0.05, 0.1) is 5.39 Å². The first-order valence-electron chi connectivity index (χ1n) is 10.7. The monoisotopic (exact) mass is 462 g/mol. The van der Waals surface area contributed by atoms with Crippen LogP contribution in [0.25, 0.3) is 11.0 Å². The molecule has 1 N–H and O–H groups in total. The Bertz CT molecular complexity index is 1160. The molecule has 10 nitrogen and oxygen atoms in total. The highest BCUT2D eigenvalue weighted by atomic mass is 16.8. The van der Waals surface area contributed by atoms with E-state index in [2.05, 4.69) is 0 Å². The van der Waals surface area contributed by atoms with E-state index in [1.54, 1.807) is 13.0 Å². The number of rotatable bonds is 6. The molecule has 178 valence electrons. The summed E-state index contributed by atoms with van der Waals surface area (Å²) in [7, 11) is 1.52. The number of carbonyl (C=O) groups is 2. The van der Waals surface area contributed by atoms with Crippen LogP contribution in [-0.4, -0.2) is 54.4 Å². The molecule has 0 bridgehead atoms. The van der Waals surface area contributed by atoms with Crippen molar-refractivity contribution in [1.29, 1.82) is 0 Å². The Balaban J connectivity index is 1.76. The summed E-state index contributed by atoms with van der Waals surface area (Å²) in [5.74, 6) is -0.771. The number of Topliss-reactive ketones (excluding diaryl/α,β-unsaturated/α-hetero) is 1. The van der Waals surface area contributed by atoms with Crippen molar-refractivity contribution >= 4 is 22.9 Å². The molecule has 0 spiro atoms. The molecule has 2 saturated heterocycles. The zero-order valence-electron chi connectivity index (χ0n) is 19.0. The molecular weight excluding hydrogens is 436 g/mol. The number of fused-ring (bicyclic) bond motifs is 2. The van der Waals surface area contributed by atoms with E-state index in [0.717, 1.165) is 0 Å². The molecule has 2 aliphatic rings. The van der Waals surface area contributed by atoms with E-state index in [1.807, 2.05) is 13.8 Å². The van der Waals surface area contributed by atoms with Crippen LogP contribution in [-0.2, 0) is 18.9 Å². The molecule has 2 fully saturated rings. The van der Waals surface area contributed by atoms with E-state index in [0.29, 0.717) is 18.4 Å². The van der Waals surface area contributed by atoms with Crippen LogP contribution in [0, 0.1) is 6.92 Å². The zero-order chi connectivity index (χ0) is 24.1. The second kappa shape index (κ2) is 8.35. The molecule has 3 heterocycles. The molecule has 33 heavy (non-hydrogen) atoms. The van der Waals surface area contributed by atoms with E-state index >= 15 is 0 Å². The molecule has 0 unspecified atom stereocenters. The van der Waals surface area contributed by atoms with Gasteiger partial charge in [-0.3, -0.25) is 4.79 Å². The summed E-state index contributed by atoms with van der Waals surface area (Å²) in [6, 6.07) is 3.03. The number of carbonyl (C=O) groups excluding carboxylic acids is 2. The van der Waals surface area contributed by atoms with E-state index < -0.39 is 59.1 Å². The number of aryl methyl sites for hydroxylation is 1. The summed E-state index contributed by atoms with van der Waals surface area (Å²) in [4.78, 5) is 35.9.